The molecule has 0 spiro atoms. The molecule has 0 N–H and O–H groups in total. The van der Waals surface area contributed by atoms with Crippen LogP contribution in [0.2, 0.25) is 0 Å². The highest BCUT2D eigenvalue weighted by Crippen LogP contribution is 2.30. The van der Waals surface area contributed by atoms with Crippen LogP contribution in [0.4, 0.5) is 0 Å². The Balaban J connectivity index is 1.51. The first-order valence-corrected chi connectivity index (χ1v) is 8.64. The summed E-state index contributed by atoms with van der Waals surface area (Å²) in [5.74, 6) is 1.23. The normalized spacial score (nSPS) is 22.8. The predicted molar refractivity (Wildman–Crippen MR) is 87.0 cm³/mol. The van der Waals surface area contributed by atoms with Gasteiger partial charge in [-0.1, -0.05) is 6.07 Å². The zero-order valence-electron chi connectivity index (χ0n) is 13.4. The molecule has 2 aromatic rings. The van der Waals surface area contributed by atoms with E-state index in [9.17, 15) is 4.79 Å². The molecule has 0 unspecified atom stereocenters. The zero-order chi connectivity index (χ0) is 15.6. The number of carbonyl (C=O) groups is 1. The van der Waals surface area contributed by atoms with Gasteiger partial charge < -0.3 is 4.90 Å². The second kappa shape index (κ2) is 6.28. The van der Waals surface area contributed by atoms with E-state index in [0.717, 1.165) is 56.8 Å². The van der Waals surface area contributed by atoms with Gasteiger partial charge in [0.15, 0.2) is 11.5 Å². The van der Waals surface area contributed by atoms with Gasteiger partial charge in [0, 0.05) is 19.3 Å². The summed E-state index contributed by atoms with van der Waals surface area (Å²) in [6.45, 7) is 3.31. The van der Waals surface area contributed by atoms with Crippen molar-refractivity contribution in [3.63, 3.8) is 0 Å². The molecule has 2 aromatic heterocycles. The number of pyridine rings is 1. The van der Waals surface area contributed by atoms with E-state index < -0.39 is 0 Å². The minimum atomic E-state index is 0.196. The average Bonchev–Trinajstić information content (AvgIpc) is 3.22. The van der Waals surface area contributed by atoms with E-state index in [2.05, 4.69) is 15.1 Å². The first kappa shape index (κ1) is 14.6. The minimum absolute atomic E-state index is 0.196. The van der Waals surface area contributed by atoms with Crippen LogP contribution in [0.25, 0.3) is 5.65 Å². The Morgan fingerprint density at radius 2 is 1.96 bits per heavy atom. The second-order valence-corrected chi connectivity index (χ2v) is 6.56. The highest BCUT2D eigenvalue weighted by Gasteiger charge is 2.32. The molecule has 2 aliphatic heterocycles. The predicted octanol–water partition coefficient (Wildman–Crippen LogP) is 1.88. The summed E-state index contributed by atoms with van der Waals surface area (Å²) >= 11 is 0. The molecule has 0 bridgehead atoms. The Morgan fingerprint density at radius 1 is 1.09 bits per heavy atom. The van der Waals surface area contributed by atoms with E-state index in [1.54, 1.807) is 0 Å². The molecule has 0 aliphatic carbocycles. The van der Waals surface area contributed by atoms with Crippen LogP contribution in [0.15, 0.2) is 24.4 Å². The largest absolute Gasteiger partial charge is 0.342 e. The molecule has 23 heavy (non-hydrogen) atoms. The fourth-order valence-corrected chi connectivity index (χ4v) is 3.81. The highest BCUT2D eigenvalue weighted by atomic mass is 16.2. The second-order valence-electron chi connectivity index (χ2n) is 6.56. The van der Waals surface area contributed by atoms with Crippen LogP contribution >= 0.6 is 0 Å². The number of hydrogen-bond acceptors (Lipinski definition) is 4. The number of aromatic nitrogens is 3. The summed E-state index contributed by atoms with van der Waals surface area (Å²) in [5.41, 5.74) is 0.872. The molecule has 2 fully saturated rings. The van der Waals surface area contributed by atoms with Gasteiger partial charge in [-0.3, -0.25) is 14.1 Å². The van der Waals surface area contributed by atoms with Gasteiger partial charge in [0.1, 0.15) is 0 Å². The van der Waals surface area contributed by atoms with Crippen molar-refractivity contribution >= 4 is 11.6 Å². The number of hydrogen-bond donors (Lipinski definition) is 0. The van der Waals surface area contributed by atoms with Crippen LogP contribution < -0.4 is 0 Å². The van der Waals surface area contributed by atoms with Crippen molar-refractivity contribution in [1.82, 2.24) is 24.4 Å². The lowest BCUT2D eigenvalue weighted by Crippen LogP contribution is -2.42. The van der Waals surface area contributed by atoms with Crippen LogP contribution in [0.1, 0.15) is 44.0 Å². The lowest BCUT2D eigenvalue weighted by Gasteiger charge is -2.30. The molecular formula is C17H23N5O. The molecular weight excluding hydrogens is 290 g/mol. The number of rotatable bonds is 3. The number of piperidine rings is 1. The van der Waals surface area contributed by atoms with Crippen molar-refractivity contribution in [2.75, 3.05) is 26.2 Å². The zero-order valence-corrected chi connectivity index (χ0v) is 13.4. The lowest BCUT2D eigenvalue weighted by atomic mass is 10.1. The SMILES string of the molecule is O=C(CN1CCC[C@H]1c1nnc2ccccn12)N1CCCCC1. The fraction of sp³-hybridized carbons (Fsp3) is 0.588. The van der Waals surface area contributed by atoms with Crippen LogP contribution in [0.3, 0.4) is 0 Å². The molecule has 0 aromatic carbocycles. The topological polar surface area (TPSA) is 53.7 Å². The van der Waals surface area contributed by atoms with E-state index >= 15 is 0 Å². The Labute approximate surface area is 136 Å². The third-order valence-electron chi connectivity index (χ3n) is 5.05. The molecule has 4 heterocycles. The van der Waals surface area contributed by atoms with Gasteiger partial charge in [0.25, 0.3) is 0 Å². The third-order valence-corrected chi connectivity index (χ3v) is 5.05. The van der Waals surface area contributed by atoms with Crippen molar-refractivity contribution in [1.29, 1.82) is 0 Å². The molecule has 1 amide bonds. The molecule has 2 saturated heterocycles. The Hall–Kier alpha value is -1.95. The molecule has 4 rings (SSSR count). The van der Waals surface area contributed by atoms with Crippen LogP contribution in [-0.4, -0.2) is 56.5 Å². The molecule has 6 heteroatoms. The summed E-state index contributed by atoms with van der Waals surface area (Å²) in [4.78, 5) is 16.9. The molecule has 6 nitrogen and oxygen atoms in total. The maximum Gasteiger partial charge on any atom is 0.236 e. The van der Waals surface area contributed by atoms with E-state index in [4.69, 9.17) is 0 Å². The maximum atomic E-state index is 12.6. The van der Waals surface area contributed by atoms with Crippen molar-refractivity contribution in [3.8, 4) is 0 Å². The van der Waals surface area contributed by atoms with Gasteiger partial charge in [0.2, 0.25) is 5.91 Å². The smallest absolute Gasteiger partial charge is 0.236 e. The quantitative estimate of drug-likeness (QED) is 0.868. The van der Waals surface area contributed by atoms with Crippen molar-refractivity contribution in [2.24, 2.45) is 0 Å². The summed E-state index contributed by atoms with van der Waals surface area (Å²) in [5, 5.41) is 8.65. The van der Waals surface area contributed by atoms with Gasteiger partial charge in [-0.25, -0.2) is 0 Å². The Kier molecular flexibility index (Phi) is 3.99. The summed E-state index contributed by atoms with van der Waals surface area (Å²) in [7, 11) is 0. The van der Waals surface area contributed by atoms with Crippen molar-refractivity contribution < 1.29 is 4.79 Å². The summed E-state index contributed by atoms with van der Waals surface area (Å²) in [6.07, 6.45) is 7.70. The Bertz CT molecular complexity index is 691. The van der Waals surface area contributed by atoms with E-state index in [-0.39, 0.29) is 11.9 Å². The average molecular weight is 313 g/mol. The van der Waals surface area contributed by atoms with Crippen LogP contribution in [0, 0.1) is 0 Å². The van der Waals surface area contributed by atoms with E-state index in [1.807, 2.05) is 33.7 Å². The van der Waals surface area contributed by atoms with Crippen LogP contribution in [0.5, 0.6) is 0 Å². The van der Waals surface area contributed by atoms with Gasteiger partial charge in [-0.05, 0) is 50.8 Å². The first-order chi connectivity index (χ1) is 11.3. The monoisotopic (exact) mass is 313 g/mol. The maximum absolute atomic E-state index is 12.6. The third kappa shape index (κ3) is 2.83. The minimum Gasteiger partial charge on any atom is -0.342 e. The lowest BCUT2D eigenvalue weighted by molar-refractivity contribution is -0.133. The van der Waals surface area contributed by atoms with Gasteiger partial charge >= 0.3 is 0 Å². The number of fused-ring (bicyclic) bond motifs is 1. The molecule has 2 aliphatic rings. The highest BCUT2D eigenvalue weighted by molar-refractivity contribution is 5.78. The number of carbonyl (C=O) groups excluding carboxylic acids is 1. The molecule has 0 radical (unpaired) electrons. The van der Waals surface area contributed by atoms with E-state index in [1.165, 1.54) is 6.42 Å². The standard InChI is InChI=1S/C17H23N5O/c23-16(20-9-3-1-4-10-20)13-21-11-6-7-14(21)17-19-18-15-8-2-5-12-22(15)17/h2,5,8,12,14H,1,3-4,6-7,9-11,13H2/t14-/m0/s1. The number of nitrogens with zero attached hydrogens (tertiary/aromatic N) is 5. The Morgan fingerprint density at radius 3 is 2.83 bits per heavy atom. The summed E-state index contributed by atoms with van der Waals surface area (Å²) < 4.78 is 2.05. The van der Waals surface area contributed by atoms with Crippen LogP contribution in [-0.2, 0) is 4.79 Å². The summed E-state index contributed by atoms with van der Waals surface area (Å²) in [6, 6.07) is 6.13. The molecule has 1 atom stereocenters. The number of likely N-dealkylation sites (tertiary alicyclic amines) is 2. The first-order valence-electron chi connectivity index (χ1n) is 8.64. The fourth-order valence-electron chi connectivity index (χ4n) is 3.81. The molecule has 0 saturated carbocycles. The van der Waals surface area contributed by atoms with Crippen molar-refractivity contribution in [2.45, 2.75) is 38.1 Å². The van der Waals surface area contributed by atoms with Gasteiger partial charge in [-0.2, -0.15) is 0 Å². The van der Waals surface area contributed by atoms with E-state index in [0.29, 0.717) is 6.54 Å². The molecule has 122 valence electrons. The van der Waals surface area contributed by atoms with Crippen molar-refractivity contribution in [3.05, 3.63) is 30.2 Å². The van der Waals surface area contributed by atoms with Gasteiger partial charge in [0.05, 0.1) is 12.6 Å². The van der Waals surface area contributed by atoms with Gasteiger partial charge in [-0.15, -0.1) is 10.2 Å². The number of amides is 1.